The van der Waals surface area contributed by atoms with Gasteiger partial charge in [-0.3, -0.25) is 4.79 Å². The highest BCUT2D eigenvalue weighted by Crippen LogP contribution is 2.20. The minimum atomic E-state index is -0.720. The molecule has 0 amide bonds. The van der Waals surface area contributed by atoms with Crippen LogP contribution in [-0.4, -0.2) is 11.8 Å². The maximum atomic E-state index is 13.5. The Balaban J connectivity index is 3.27. The highest BCUT2D eigenvalue weighted by atomic mass is 35.5. The number of aryl methyl sites for hydroxylation is 1. The number of benzene rings is 1. The summed E-state index contributed by atoms with van der Waals surface area (Å²) in [5, 5.41) is 0.341. The Morgan fingerprint density at radius 2 is 2.14 bits per heavy atom. The standard InChI is InChI=1S/C10H11ClFNO/c1-5-3-7(11)4-8(9(5)12)10(14)6(2)13/h3-4,6H,13H2,1-2H3. The van der Waals surface area contributed by atoms with Crippen LogP contribution in [0.25, 0.3) is 0 Å². The summed E-state index contributed by atoms with van der Waals surface area (Å²) in [6, 6.07) is 2.05. The molecule has 1 unspecified atom stereocenters. The smallest absolute Gasteiger partial charge is 0.182 e. The molecule has 0 saturated heterocycles. The average Bonchev–Trinajstić information content (AvgIpc) is 2.09. The molecule has 76 valence electrons. The van der Waals surface area contributed by atoms with Crippen LogP contribution in [0.3, 0.4) is 0 Å². The Kier molecular flexibility index (Phi) is 3.24. The summed E-state index contributed by atoms with van der Waals surface area (Å²) >= 11 is 5.71. The van der Waals surface area contributed by atoms with Crippen molar-refractivity contribution in [1.29, 1.82) is 0 Å². The fourth-order valence-electron chi connectivity index (χ4n) is 1.15. The van der Waals surface area contributed by atoms with Gasteiger partial charge in [-0.25, -0.2) is 4.39 Å². The molecule has 14 heavy (non-hydrogen) atoms. The van der Waals surface area contributed by atoms with Crippen LogP contribution >= 0.6 is 11.6 Å². The summed E-state index contributed by atoms with van der Waals surface area (Å²) in [5.41, 5.74) is 5.69. The Hall–Kier alpha value is -0.930. The van der Waals surface area contributed by atoms with Gasteiger partial charge in [-0.2, -0.15) is 0 Å². The molecule has 0 aromatic heterocycles. The van der Waals surface area contributed by atoms with Gasteiger partial charge in [0.2, 0.25) is 0 Å². The predicted octanol–water partition coefficient (Wildman–Crippen LogP) is 2.32. The molecule has 2 nitrogen and oxygen atoms in total. The number of hydrogen-bond acceptors (Lipinski definition) is 2. The third-order valence-corrected chi connectivity index (χ3v) is 2.12. The Morgan fingerprint density at radius 1 is 1.57 bits per heavy atom. The fourth-order valence-corrected chi connectivity index (χ4v) is 1.42. The van der Waals surface area contributed by atoms with Gasteiger partial charge in [-0.15, -0.1) is 0 Å². The number of hydrogen-bond donors (Lipinski definition) is 1. The van der Waals surface area contributed by atoms with Gasteiger partial charge >= 0.3 is 0 Å². The Labute approximate surface area is 86.9 Å². The molecule has 2 N–H and O–H groups in total. The van der Waals surface area contributed by atoms with Crippen LogP contribution in [0.15, 0.2) is 12.1 Å². The highest BCUT2D eigenvalue weighted by molar-refractivity contribution is 6.31. The number of halogens is 2. The quantitative estimate of drug-likeness (QED) is 0.770. The van der Waals surface area contributed by atoms with Crippen molar-refractivity contribution >= 4 is 17.4 Å². The van der Waals surface area contributed by atoms with E-state index >= 15 is 0 Å². The topological polar surface area (TPSA) is 43.1 Å². The maximum Gasteiger partial charge on any atom is 0.182 e. The fraction of sp³-hybridized carbons (Fsp3) is 0.300. The zero-order chi connectivity index (χ0) is 10.9. The van der Waals surface area contributed by atoms with Crippen LogP contribution < -0.4 is 5.73 Å². The Bertz CT molecular complexity index is 377. The molecule has 1 aromatic carbocycles. The summed E-state index contributed by atoms with van der Waals surface area (Å²) in [5.74, 6) is -0.982. The zero-order valence-electron chi connectivity index (χ0n) is 7.97. The SMILES string of the molecule is Cc1cc(Cl)cc(C(=O)C(C)N)c1F. The molecule has 1 aromatic rings. The van der Waals surface area contributed by atoms with Gasteiger partial charge in [-0.1, -0.05) is 11.6 Å². The van der Waals surface area contributed by atoms with Crippen LogP contribution in [0.5, 0.6) is 0 Å². The van der Waals surface area contributed by atoms with Gasteiger partial charge in [0.15, 0.2) is 5.78 Å². The monoisotopic (exact) mass is 215 g/mol. The first-order chi connectivity index (χ1) is 6.43. The second-order valence-electron chi connectivity index (χ2n) is 3.24. The van der Waals surface area contributed by atoms with Crippen molar-refractivity contribution in [2.75, 3.05) is 0 Å². The molecule has 0 fully saturated rings. The maximum absolute atomic E-state index is 13.5. The molecule has 1 atom stereocenters. The summed E-state index contributed by atoms with van der Waals surface area (Å²) in [4.78, 5) is 11.4. The molecule has 0 spiro atoms. The van der Waals surface area contributed by atoms with E-state index in [9.17, 15) is 9.18 Å². The number of Topliss-reactive ketones (excluding diaryl/α,β-unsaturated/α-hetero) is 1. The lowest BCUT2D eigenvalue weighted by Crippen LogP contribution is -2.27. The average molecular weight is 216 g/mol. The summed E-state index contributed by atoms with van der Waals surface area (Å²) in [6.45, 7) is 3.07. The second-order valence-corrected chi connectivity index (χ2v) is 3.67. The van der Waals surface area contributed by atoms with Crippen LogP contribution in [-0.2, 0) is 0 Å². The normalized spacial score (nSPS) is 12.6. The van der Waals surface area contributed by atoms with E-state index in [1.807, 2.05) is 0 Å². The highest BCUT2D eigenvalue weighted by Gasteiger charge is 2.17. The summed E-state index contributed by atoms with van der Waals surface area (Å²) < 4.78 is 13.5. The van der Waals surface area contributed by atoms with E-state index in [1.54, 1.807) is 6.92 Å². The van der Waals surface area contributed by atoms with Crippen molar-refractivity contribution < 1.29 is 9.18 Å². The molecule has 0 heterocycles. The van der Waals surface area contributed by atoms with E-state index in [4.69, 9.17) is 17.3 Å². The molecule has 0 aliphatic carbocycles. The minimum absolute atomic E-state index is 0.0370. The van der Waals surface area contributed by atoms with Gasteiger partial charge in [0.05, 0.1) is 11.6 Å². The van der Waals surface area contributed by atoms with Crippen molar-refractivity contribution in [3.63, 3.8) is 0 Å². The number of rotatable bonds is 2. The van der Waals surface area contributed by atoms with Crippen molar-refractivity contribution in [1.82, 2.24) is 0 Å². The molecule has 0 saturated carbocycles. The third kappa shape index (κ3) is 2.11. The van der Waals surface area contributed by atoms with E-state index in [0.717, 1.165) is 0 Å². The third-order valence-electron chi connectivity index (χ3n) is 1.90. The second kappa shape index (κ2) is 4.07. The van der Waals surface area contributed by atoms with Crippen molar-refractivity contribution in [3.05, 3.63) is 34.1 Å². The zero-order valence-corrected chi connectivity index (χ0v) is 8.73. The molecule has 1 rings (SSSR count). The van der Waals surface area contributed by atoms with Crippen LogP contribution in [0.2, 0.25) is 5.02 Å². The molecular formula is C10H11ClFNO. The molecule has 0 aliphatic rings. The number of carbonyl (C=O) groups is 1. The lowest BCUT2D eigenvalue weighted by atomic mass is 10.0. The summed E-state index contributed by atoms with van der Waals surface area (Å²) in [6.07, 6.45) is 0. The first-order valence-electron chi connectivity index (χ1n) is 4.19. The van der Waals surface area contributed by atoms with Crippen molar-refractivity contribution in [2.24, 2.45) is 5.73 Å². The summed E-state index contributed by atoms with van der Waals surface area (Å²) in [7, 11) is 0. The van der Waals surface area contributed by atoms with E-state index in [1.165, 1.54) is 19.1 Å². The molecule has 0 aliphatic heterocycles. The van der Waals surface area contributed by atoms with Gasteiger partial charge in [0, 0.05) is 5.02 Å². The van der Waals surface area contributed by atoms with Gasteiger partial charge in [-0.05, 0) is 31.5 Å². The van der Waals surface area contributed by atoms with E-state index in [2.05, 4.69) is 0 Å². The minimum Gasteiger partial charge on any atom is -0.321 e. The van der Waals surface area contributed by atoms with Gasteiger partial charge in [0.1, 0.15) is 5.82 Å². The van der Waals surface area contributed by atoms with E-state index in [0.29, 0.717) is 10.6 Å². The predicted molar refractivity (Wildman–Crippen MR) is 54.1 cm³/mol. The number of ketones is 1. The lowest BCUT2D eigenvalue weighted by Gasteiger charge is -2.07. The number of nitrogens with two attached hydrogens (primary N) is 1. The molecule has 4 heteroatoms. The van der Waals surface area contributed by atoms with E-state index in [-0.39, 0.29) is 5.56 Å². The Morgan fingerprint density at radius 3 is 2.64 bits per heavy atom. The van der Waals surface area contributed by atoms with Crippen LogP contribution in [0.4, 0.5) is 4.39 Å². The lowest BCUT2D eigenvalue weighted by molar-refractivity contribution is 0.0964. The first kappa shape index (κ1) is 11.1. The molecule has 0 radical (unpaired) electrons. The number of carbonyl (C=O) groups excluding carboxylic acids is 1. The van der Waals surface area contributed by atoms with Crippen molar-refractivity contribution in [3.8, 4) is 0 Å². The molecular weight excluding hydrogens is 205 g/mol. The molecule has 0 bridgehead atoms. The van der Waals surface area contributed by atoms with E-state index < -0.39 is 17.6 Å². The first-order valence-corrected chi connectivity index (χ1v) is 4.56. The van der Waals surface area contributed by atoms with Crippen LogP contribution in [0.1, 0.15) is 22.8 Å². The van der Waals surface area contributed by atoms with Gasteiger partial charge < -0.3 is 5.73 Å². The largest absolute Gasteiger partial charge is 0.321 e. The van der Waals surface area contributed by atoms with Crippen molar-refractivity contribution in [2.45, 2.75) is 19.9 Å². The van der Waals surface area contributed by atoms with Crippen LogP contribution in [0, 0.1) is 12.7 Å². The van der Waals surface area contributed by atoms with Gasteiger partial charge in [0.25, 0.3) is 0 Å².